The van der Waals surface area contributed by atoms with Crippen molar-refractivity contribution in [1.82, 2.24) is 10.3 Å². The molecule has 1 aliphatic heterocycles. The summed E-state index contributed by atoms with van der Waals surface area (Å²) in [4.78, 5) is 4.39. The Balaban J connectivity index is 2.14. The number of aromatic nitrogens is 1. The van der Waals surface area contributed by atoms with Gasteiger partial charge in [0, 0.05) is 28.8 Å². The van der Waals surface area contributed by atoms with E-state index in [0.29, 0.717) is 5.92 Å². The fourth-order valence-corrected chi connectivity index (χ4v) is 2.10. The zero-order chi connectivity index (χ0) is 9.10. The number of piperidine rings is 1. The Kier molecular flexibility index (Phi) is 2.96. The zero-order valence-electron chi connectivity index (χ0n) is 7.46. The quantitative estimate of drug-likeness (QED) is 0.816. The smallest absolute Gasteiger partial charge is 0.0458 e. The molecule has 70 valence electrons. The number of rotatable bonds is 1. The van der Waals surface area contributed by atoms with Crippen LogP contribution < -0.4 is 5.32 Å². The number of nitrogens with one attached hydrogen (secondary N) is 1. The molecule has 0 aliphatic carbocycles. The summed E-state index contributed by atoms with van der Waals surface area (Å²) in [6, 6.07) is 4.09. The SMILES string of the molecule is Brc1ccnc([C@H]2CCCNC2)c1. The molecule has 1 aromatic rings. The summed E-state index contributed by atoms with van der Waals surface area (Å²) in [7, 11) is 0. The molecular weight excluding hydrogens is 228 g/mol. The first-order chi connectivity index (χ1) is 6.36. The number of pyridine rings is 1. The van der Waals surface area contributed by atoms with Crippen molar-refractivity contribution in [3.8, 4) is 0 Å². The molecule has 0 radical (unpaired) electrons. The van der Waals surface area contributed by atoms with Crippen molar-refractivity contribution in [2.45, 2.75) is 18.8 Å². The van der Waals surface area contributed by atoms with Crippen LogP contribution in [0, 0.1) is 0 Å². The molecule has 0 amide bonds. The monoisotopic (exact) mass is 240 g/mol. The summed E-state index contributed by atoms with van der Waals surface area (Å²) in [5, 5.41) is 3.40. The average molecular weight is 241 g/mol. The van der Waals surface area contributed by atoms with E-state index in [0.717, 1.165) is 17.6 Å². The summed E-state index contributed by atoms with van der Waals surface area (Å²) in [5.41, 5.74) is 1.21. The van der Waals surface area contributed by atoms with E-state index in [1.807, 2.05) is 12.3 Å². The van der Waals surface area contributed by atoms with Gasteiger partial charge in [-0.15, -0.1) is 0 Å². The van der Waals surface area contributed by atoms with Gasteiger partial charge < -0.3 is 5.32 Å². The Morgan fingerprint density at radius 2 is 2.46 bits per heavy atom. The number of hydrogen-bond acceptors (Lipinski definition) is 2. The fourth-order valence-electron chi connectivity index (χ4n) is 1.75. The molecule has 0 saturated carbocycles. The molecule has 1 saturated heterocycles. The van der Waals surface area contributed by atoms with Gasteiger partial charge in [-0.2, -0.15) is 0 Å². The van der Waals surface area contributed by atoms with Crippen LogP contribution in [0.25, 0.3) is 0 Å². The summed E-state index contributed by atoms with van der Waals surface area (Å²) in [6.45, 7) is 2.23. The van der Waals surface area contributed by atoms with Gasteiger partial charge in [-0.3, -0.25) is 4.98 Å². The van der Waals surface area contributed by atoms with Gasteiger partial charge in [-0.25, -0.2) is 0 Å². The summed E-state index contributed by atoms with van der Waals surface area (Å²) < 4.78 is 1.13. The molecule has 2 heterocycles. The van der Waals surface area contributed by atoms with Gasteiger partial charge in [0.1, 0.15) is 0 Å². The van der Waals surface area contributed by atoms with E-state index in [-0.39, 0.29) is 0 Å². The van der Waals surface area contributed by atoms with Gasteiger partial charge in [-0.05, 0) is 31.5 Å². The maximum absolute atomic E-state index is 4.39. The molecule has 1 atom stereocenters. The van der Waals surface area contributed by atoms with Crippen LogP contribution in [0.15, 0.2) is 22.8 Å². The predicted octanol–water partition coefficient (Wildman–Crippen LogP) is 2.31. The van der Waals surface area contributed by atoms with Crippen LogP contribution in [0.3, 0.4) is 0 Å². The van der Waals surface area contributed by atoms with E-state index < -0.39 is 0 Å². The highest BCUT2D eigenvalue weighted by molar-refractivity contribution is 9.10. The first-order valence-corrected chi connectivity index (χ1v) is 5.48. The van der Waals surface area contributed by atoms with Crippen molar-refractivity contribution in [3.05, 3.63) is 28.5 Å². The van der Waals surface area contributed by atoms with Crippen LogP contribution in [0.2, 0.25) is 0 Å². The Hall–Kier alpha value is -0.410. The summed E-state index contributed by atoms with van der Waals surface area (Å²) in [5.74, 6) is 0.603. The van der Waals surface area contributed by atoms with Crippen LogP contribution in [-0.2, 0) is 0 Å². The third kappa shape index (κ3) is 2.29. The van der Waals surface area contributed by atoms with E-state index in [4.69, 9.17) is 0 Å². The van der Waals surface area contributed by atoms with E-state index in [1.165, 1.54) is 18.5 Å². The number of halogens is 1. The lowest BCUT2D eigenvalue weighted by Gasteiger charge is -2.22. The second-order valence-electron chi connectivity index (χ2n) is 3.44. The molecule has 1 N–H and O–H groups in total. The second kappa shape index (κ2) is 4.20. The zero-order valence-corrected chi connectivity index (χ0v) is 9.05. The molecule has 0 spiro atoms. The molecular formula is C10H13BrN2. The van der Waals surface area contributed by atoms with Crippen LogP contribution >= 0.6 is 15.9 Å². The van der Waals surface area contributed by atoms with E-state index in [1.54, 1.807) is 0 Å². The summed E-state index contributed by atoms with van der Waals surface area (Å²) in [6.07, 6.45) is 4.39. The molecule has 0 aromatic carbocycles. The van der Waals surface area contributed by atoms with Crippen molar-refractivity contribution in [2.24, 2.45) is 0 Å². The third-order valence-corrected chi connectivity index (χ3v) is 2.95. The molecule has 13 heavy (non-hydrogen) atoms. The standard InChI is InChI=1S/C10H13BrN2/c11-9-3-5-13-10(6-9)8-2-1-4-12-7-8/h3,5-6,8,12H,1-2,4,7H2/t8-/m0/s1. The van der Waals surface area contributed by atoms with Crippen LogP contribution in [0.5, 0.6) is 0 Å². The van der Waals surface area contributed by atoms with Gasteiger partial charge in [0.2, 0.25) is 0 Å². The van der Waals surface area contributed by atoms with Crippen molar-refractivity contribution in [2.75, 3.05) is 13.1 Å². The molecule has 0 unspecified atom stereocenters. The average Bonchev–Trinajstić information content (AvgIpc) is 2.19. The van der Waals surface area contributed by atoms with Gasteiger partial charge in [-0.1, -0.05) is 15.9 Å². The Labute approximate surface area is 86.9 Å². The highest BCUT2D eigenvalue weighted by Gasteiger charge is 2.15. The number of nitrogens with zero attached hydrogens (tertiary/aromatic N) is 1. The lowest BCUT2D eigenvalue weighted by atomic mass is 9.96. The highest BCUT2D eigenvalue weighted by atomic mass is 79.9. The molecule has 3 heteroatoms. The van der Waals surface area contributed by atoms with Gasteiger partial charge >= 0.3 is 0 Å². The maximum atomic E-state index is 4.39. The minimum Gasteiger partial charge on any atom is -0.316 e. The Morgan fingerprint density at radius 1 is 1.54 bits per heavy atom. The molecule has 2 nitrogen and oxygen atoms in total. The molecule has 2 rings (SSSR count). The lowest BCUT2D eigenvalue weighted by Crippen LogP contribution is -2.28. The van der Waals surface area contributed by atoms with Crippen molar-refractivity contribution in [3.63, 3.8) is 0 Å². The van der Waals surface area contributed by atoms with Gasteiger partial charge in [0.15, 0.2) is 0 Å². The van der Waals surface area contributed by atoms with Crippen LogP contribution in [-0.4, -0.2) is 18.1 Å². The molecule has 0 bridgehead atoms. The number of hydrogen-bond donors (Lipinski definition) is 1. The highest BCUT2D eigenvalue weighted by Crippen LogP contribution is 2.23. The van der Waals surface area contributed by atoms with Crippen molar-refractivity contribution >= 4 is 15.9 Å². The third-order valence-electron chi connectivity index (χ3n) is 2.46. The normalized spacial score (nSPS) is 23.0. The maximum Gasteiger partial charge on any atom is 0.0458 e. The van der Waals surface area contributed by atoms with Crippen LogP contribution in [0.4, 0.5) is 0 Å². The topological polar surface area (TPSA) is 24.9 Å². The fraction of sp³-hybridized carbons (Fsp3) is 0.500. The van der Waals surface area contributed by atoms with Gasteiger partial charge in [0.05, 0.1) is 0 Å². The lowest BCUT2D eigenvalue weighted by molar-refractivity contribution is 0.454. The largest absolute Gasteiger partial charge is 0.316 e. The first-order valence-electron chi connectivity index (χ1n) is 4.68. The first kappa shape index (κ1) is 9.16. The van der Waals surface area contributed by atoms with E-state index >= 15 is 0 Å². The van der Waals surface area contributed by atoms with Crippen molar-refractivity contribution < 1.29 is 0 Å². The molecule has 1 aromatic heterocycles. The second-order valence-corrected chi connectivity index (χ2v) is 4.36. The van der Waals surface area contributed by atoms with E-state index in [2.05, 4.69) is 32.3 Å². The minimum atomic E-state index is 0.603. The van der Waals surface area contributed by atoms with Gasteiger partial charge in [0.25, 0.3) is 0 Å². The minimum absolute atomic E-state index is 0.603. The summed E-state index contributed by atoms with van der Waals surface area (Å²) >= 11 is 3.47. The predicted molar refractivity (Wildman–Crippen MR) is 56.8 cm³/mol. The molecule has 1 fully saturated rings. The van der Waals surface area contributed by atoms with E-state index in [9.17, 15) is 0 Å². The van der Waals surface area contributed by atoms with Crippen molar-refractivity contribution in [1.29, 1.82) is 0 Å². The van der Waals surface area contributed by atoms with Crippen LogP contribution in [0.1, 0.15) is 24.5 Å². The Morgan fingerprint density at radius 3 is 3.15 bits per heavy atom. The molecule has 1 aliphatic rings. The Bertz CT molecular complexity index is 282.